The normalized spacial score (nSPS) is 20.4. The lowest BCUT2D eigenvalue weighted by Crippen LogP contribution is -2.36. The van der Waals surface area contributed by atoms with Crippen molar-refractivity contribution in [1.29, 1.82) is 0 Å². The van der Waals surface area contributed by atoms with Gasteiger partial charge in [0.2, 0.25) is 0 Å². The average Bonchev–Trinajstić information content (AvgIpc) is 3.05. The van der Waals surface area contributed by atoms with Crippen molar-refractivity contribution in [2.45, 2.75) is 32.7 Å². The molecule has 154 valence electrons. The van der Waals surface area contributed by atoms with E-state index in [1.807, 2.05) is 11.3 Å². The third-order valence-corrected chi connectivity index (χ3v) is 6.59. The van der Waals surface area contributed by atoms with Gasteiger partial charge in [-0.25, -0.2) is 9.97 Å². The maximum atomic E-state index is 8.86. The van der Waals surface area contributed by atoms with E-state index in [1.54, 1.807) is 0 Å². The number of aromatic nitrogens is 2. The summed E-state index contributed by atoms with van der Waals surface area (Å²) in [5.74, 6) is 2.55. The molecule has 1 saturated heterocycles. The maximum absolute atomic E-state index is 8.86. The SMILES string of the molecule is CC1CCc2c(sc3nc(CN4CCOCC4)nc(NCCOCCO)c23)C1. The summed E-state index contributed by atoms with van der Waals surface area (Å²) < 4.78 is 10.9. The molecule has 3 heterocycles. The van der Waals surface area contributed by atoms with Gasteiger partial charge in [0, 0.05) is 24.5 Å². The zero-order valence-corrected chi connectivity index (χ0v) is 17.4. The Bertz CT molecular complexity index is 791. The van der Waals surface area contributed by atoms with Crippen LogP contribution in [0.15, 0.2) is 0 Å². The Kier molecular flexibility index (Phi) is 6.74. The van der Waals surface area contributed by atoms with Gasteiger partial charge in [-0.2, -0.15) is 0 Å². The molecule has 1 atom stereocenters. The summed E-state index contributed by atoms with van der Waals surface area (Å²) in [5.41, 5.74) is 1.44. The fourth-order valence-corrected chi connectivity index (χ4v) is 5.35. The van der Waals surface area contributed by atoms with Crippen molar-refractivity contribution in [3.8, 4) is 0 Å². The topological polar surface area (TPSA) is 79.7 Å². The number of anilines is 1. The standard InChI is InChI=1S/C20H30N4O3S/c1-14-2-3-15-16(12-14)28-20-18(15)19(21-4-8-26-11-7-25)22-17(23-20)13-24-5-9-27-10-6-24/h14,25H,2-13H2,1H3,(H,21,22,23). The number of nitrogens with one attached hydrogen (secondary N) is 1. The zero-order valence-electron chi connectivity index (χ0n) is 16.6. The van der Waals surface area contributed by atoms with E-state index in [-0.39, 0.29) is 6.61 Å². The Labute approximate surface area is 170 Å². The number of aryl methyl sites for hydroxylation is 1. The molecule has 1 unspecified atom stereocenters. The first-order chi connectivity index (χ1) is 13.7. The highest BCUT2D eigenvalue weighted by molar-refractivity contribution is 7.19. The molecule has 1 aliphatic carbocycles. The molecule has 0 saturated carbocycles. The second-order valence-electron chi connectivity index (χ2n) is 7.67. The predicted octanol–water partition coefficient (Wildman–Crippen LogP) is 2.07. The molecule has 0 bridgehead atoms. The van der Waals surface area contributed by atoms with Crippen molar-refractivity contribution in [1.82, 2.24) is 14.9 Å². The van der Waals surface area contributed by atoms with Crippen LogP contribution in [-0.4, -0.2) is 72.6 Å². The summed E-state index contributed by atoms with van der Waals surface area (Å²) in [6.45, 7) is 8.15. The predicted molar refractivity (Wildman–Crippen MR) is 111 cm³/mol. The summed E-state index contributed by atoms with van der Waals surface area (Å²) in [6.07, 6.45) is 3.49. The Morgan fingerprint density at radius 1 is 1.29 bits per heavy atom. The molecule has 8 heteroatoms. The number of ether oxygens (including phenoxy) is 2. The van der Waals surface area contributed by atoms with Crippen LogP contribution in [0, 0.1) is 5.92 Å². The number of thiophene rings is 1. The van der Waals surface area contributed by atoms with Gasteiger partial charge in [0.15, 0.2) is 0 Å². The van der Waals surface area contributed by atoms with Crippen LogP contribution in [0.4, 0.5) is 5.82 Å². The van der Waals surface area contributed by atoms with Crippen molar-refractivity contribution in [2.75, 3.05) is 58.0 Å². The molecule has 1 aliphatic heterocycles. The third-order valence-electron chi connectivity index (χ3n) is 5.44. The van der Waals surface area contributed by atoms with E-state index in [1.165, 1.54) is 22.2 Å². The monoisotopic (exact) mass is 406 g/mol. The fraction of sp³-hybridized carbons (Fsp3) is 0.700. The van der Waals surface area contributed by atoms with E-state index >= 15 is 0 Å². The summed E-state index contributed by atoms with van der Waals surface area (Å²) in [7, 11) is 0. The van der Waals surface area contributed by atoms with Gasteiger partial charge in [0.25, 0.3) is 0 Å². The summed E-state index contributed by atoms with van der Waals surface area (Å²) in [5, 5.41) is 13.5. The van der Waals surface area contributed by atoms with E-state index in [0.717, 1.165) is 68.1 Å². The van der Waals surface area contributed by atoms with Gasteiger partial charge < -0.3 is 19.9 Å². The van der Waals surface area contributed by atoms with Crippen molar-refractivity contribution < 1.29 is 14.6 Å². The number of aliphatic hydroxyl groups excluding tert-OH is 1. The fourth-order valence-electron chi connectivity index (χ4n) is 3.95. The first-order valence-corrected chi connectivity index (χ1v) is 11.1. The highest BCUT2D eigenvalue weighted by Gasteiger charge is 2.24. The number of hydrogen-bond donors (Lipinski definition) is 2. The Morgan fingerprint density at radius 3 is 2.96 bits per heavy atom. The van der Waals surface area contributed by atoms with Gasteiger partial charge in [-0.3, -0.25) is 4.90 Å². The Balaban J connectivity index is 1.59. The molecular formula is C20H30N4O3S. The lowest BCUT2D eigenvalue weighted by molar-refractivity contribution is 0.0331. The number of morpholine rings is 1. The van der Waals surface area contributed by atoms with Crippen molar-refractivity contribution >= 4 is 27.4 Å². The molecule has 4 rings (SSSR count). The van der Waals surface area contributed by atoms with Crippen LogP contribution in [-0.2, 0) is 28.9 Å². The highest BCUT2D eigenvalue weighted by Crippen LogP contribution is 2.40. The van der Waals surface area contributed by atoms with Gasteiger partial charge in [-0.1, -0.05) is 6.92 Å². The number of fused-ring (bicyclic) bond motifs is 3. The smallest absolute Gasteiger partial charge is 0.146 e. The van der Waals surface area contributed by atoms with Crippen LogP contribution >= 0.6 is 11.3 Å². The summed E-state index contributed by atoms with van der Waals surface area (Å²) in [4.78, 5) is 14.8. The molecule has 2 aromatic heterocycles. The molecule has 2 aromatic rings. The molecule has 2 aliphatic rings. The number of nitrogens with zero attached hydrogens (tertiary/aromatic N) is 3. The highest BCUT2D eigenvalue weighted by atomic mass is 32.1. The number of hydrogen-bond acceptors (Lipinski definition) is 8. The van der Waals surface area contributed by atoms with E-state index in [9.17, 15) is 0 Å². The lowest BCUT2D eigenvalue weighted by atomic mass is 9.89. The third kappa shape index (κ3) is 4.63. The van der Waals surface area contributed by atoms with Gasteiger partial charge in [-0.15, -0.1) is 11.3 Å². The minimum Gasteiger partial charge on any atom is -0.394 e. The van der Waals surface area contributed by atoms with Crippen LogP contribution in [0.1, 0.15) is 29.6 Å². The average molecular weight is 407 g/mol. The van der Waals surface area contributed by atoms with E-state index < -0.39 is 0 Å². The molecule has 0 amide bonds. The second kappa shape index (κ2) is 9.45. The van der Waals surface area contributed by atoms with Crippen molar-refractivity contribution in [2.24, 2.45) is 5.92 Å². The largest absolute Gasteiger partial charge is 0.394 e. The first-order valence-electron chi connectivity index (χ1n) is 10.3. The van der Waals surface area contributed by atoms with Crippen LogP contribution in [0.25, 0.3) is 10.2 Å². The lowest BCUT2D eigenvalue weighted by Gasteiger charge is -2.26. The van der Waals surface area contributed by atoms with E-state index in [4.69, 9.17) is 24.5 Å². The molecule has 2 N–H and O–H groups in total. The Hall–Kier alpha value is -1.32. The van der Waals surface area contributed by atoms with E-state index in [0.29, 0.717) is 19.8 Å². The summed E-state index contributed by atoms with van der Waals surface area (Å²) in [6, 6.07) is 0. The zero-order chi connectivity index (χ0) is 19.3. The number of aliphatic hydroxyl groups is 1. The maximum Gasteiger partial charge on any atom is 0.146 e. The molecule has 1 fully saturated rings. The van der Waals surface area contributed by atoms with Crippen LogP contribution in [0.5, 0.6) is 0 Å². The molecule has 28 heavy (non-hydrogen) atoms. The minimum atomic E-state index is 0.0532. The van der Waals surface area contributed by atoms with E-state index in [2.05, 4.69) is 17.1 Å². The second-order valence-corrected chi connectivity index (χ2v) is 8.76. The van der Waals surface area contributed by atoms with Crippen molar-refractivity contribution in [3.05, 3.63) is 16.3 Å². The first kappa shape index (κ1) is 20.0. The van der Waals surface area contributed by atoms with Crippen molar-refractivity contribution in [3.63, 3.8) is 0 Å². The van der Waals surface area contributed by atoms with Gasteiger partial charge >= 0.3 is 0 Å². The molecular weight excluding hydrogens is 376 g/mol. The number of rotatable bonds is 8. The van der Waals surface area contributed by atoms with Gasteiger partial charge in [0.05, 0.1) is 45.0 Å². The van der Waals surface area contributed by atoms with Crippen LogP contribution < -0.4 is 5.32 Å². The summed E-state index contributed by atoms with van der Waals surface area (Å²) >= 11 is 1.84. The molecule has 0 radical (unpaired) electrons. The van der Waals surface area contributed by atoms with Crippen LogP contribution in [0.3, 0.4) is 0 Å². The van der Waals surface area contributed by atoms with Gasteiger partial charge in [-0.05, 0) is 30.7 Å². The molecule has 0 spiro atoms. The quantitative estimate of drug-likeness (QED) is 0.650. The Morgan fingerprint density at radius 2 is 2.14 bits per heavy atom. The van der Waals surface area contributed by atoms with Crippen LogP contribution in [0.2, 0.25) is 0 Å². The molecule has 7 nitrogen and oxygen atoms in total. The molecule has 0 aromatic carbocycles. The van der Waals surface area contributed by atoms with Gasteiger partial charge in [0.1, 0.15) is 16.5 Å². The minimum absolute atomic E-state index is 0.0532.